The fourth-order valence-electron chi connectivity index (χ4n) is 2.45. The van der Waals surface area contributed by atoms with Crippen LogP contribution in [0, 0.1) is 0 Å². The van der Waals surface area contributed by atoms with Crippen molar-refractivity contribution in [2.75, 3.05) is 13.2 Å². The summed E-state index contributed by atoms with van der Waals surface area (Å²) in [5.74, 6) is 0.523. The van der Waals surface area contributed by atoms with Gasteiger partial charge in [0.05, 0.1) is 11.9 Å². The van der Waals surface area contributed by atoms with Gasteiger partial charge in [-0.25, -0.2) is 9.78 Å². The van der Waals surface area contributed by atoms with Crippen LogP contribution in [0.15, 0.2) is 39.7 Å². The van der Waals surface area contributed by atoms with Gasteiger partial charge in [0, 0.05) is 25.5 Å². The Kier molecular flexibility index (Phi) is 4.22. The van der Waals surface area contributed by atoms with Gasteiger partial charge >= 0.3 is 5.63 Å². The Balaban J connectivity index is 2.04. The highest BCUT2D eigenvalue weighted by Gasteiger charge is 2.15. The normalized spacial score (nSPS) is 11.8. The monoisotopic (exact) mass is 302 g/mol. The van der Waals surface area contributed by atoms with Crippen molar-refractivity contribution < 1.29 is 13.9 Å². The van der Waals surface area contributed by atoms with Crippen LogP contribution in [0.5, 0.6) is 0 Å². The number of pyridine rings is 1. The molecule has 6 nitrogen and oxygen atoms in total. The van der Waals surface area contributed by atoms with Gasteiger partial charge in [-0.05, 0) is 26.0 Å². The maximum atomic E-state index is 12.1. The van der Waals surface area contributed by atoms with Crippen molar-refractivity contribution in [1.82, 2.24) is 9.38 Å². The quantitative estimate of drug-likeness (QED) is 0.654. The topological polar surface area (TPSA) is 66.0 Å². The molecule has 0 bridgehead atoms. The lowest BCUT2D eigenvalue weighted by Gasteiger charge is -2.15. The summed E-state index contributed by atoms with van der Waals surface area (Å²) in [6, 6.07) is 7.44. The second-order valence-corrected chi connectivity index (χ2v) is 4.82. The third-order valence-electron chi connectivity index (χ3n) is 3.35. The standard InChI is InChI=1S/C16H18N2O4/c1-3-20-14(21-4-2)10-11-9-12-15(16(19)22-11)17-13-7-5-6-8-18(12)13/h5-9,14H,3-4,10H2,1-2H3. The second kappa shape index (κ2) is 6.29. The molecule has 0 amide bonds. The van der Waals surface area contributed by atoms with Gasteiger partial charge in [-0.3, -0.25) is 4.40 Å². The van der Waals surface area contributed by atoms with E-state index in [1.165, 1.54) is 0 Å². The molecule has 3 rings (SSSR count). The predicted octanol–water partition coefficient (Wildman–Crippen LogP) is 2.38. The Morgan fingerprint density at radius 3 is 2.77 bits per heavy atom. The number of ether oxygens (including phenoxy) is 2. The lowest BCUT2D eigenvalue weighted by atomic mass is 10.2. The molecule has 0 aliphatic heterocycles. The lowest BCUT2D eigenvalue weighted by Crippen LogP contribution is -2.21. The molecule has 6 heteroatoms. The summed E-state index contributed by atoms with van der Waals surface area (Å²) >= 11 is 0. The molecule has 0 atom stereocenters. The Labute approximate surface area is 127 Å². The van der Waals surface area contributed by atoms with Crippen molar-refractivity contribution in [3.63, 3.8) is 0 Å². The molecule has 3 heterocycles. The van der Waals surface area contributed by atoms with Crippen LogP contribution in [0.3, 0.4) is 0 Å². The highest BCUT2D eigenvalue weighted by Crippen LogP contribution is 2.16. The highest BCUT2D eigenvalue weighted by atomic mass is 16.7. The van der Waals surface area contributed by atoms with Crippen molar-refractivity contribution in [2.24, 2.45) is 0 Å². The van der Waals surface area contributed by atoms with Crippen molar-refractivity contribution >= 4 is 16.7 Å². The van der Waals surface area contributed by atoms with E-state index in [1.54, 1.807) is 0 Å². The van der Waals surface area contributed by atoms with Gasteiger partial charge in [0.2, 0.25) is 0 Å². The Bertz CT molecular complexity index is 831. The van der Waals surface area contributed by atoms with E-state index in [4.69, 9.17) is 13.9 Å². The number of aromatic nitrogens is 2. The van der Waals surface area contributed by atoms with Gasteiger partial charge in [-0.2, -0.15) is 0 Å². The minimum atomic E-state index is -0.442. The van der Waals surface area contributed by atoms with Crippen LogP contribution in [0.25, 0.3) is 16.7 Å². The Morgan fingerprint density at radius 2 is 2.05 bits per heavy atom. The molecule has 0 N–H and O–H groups in total. The number of imidazole rings is 1. The van der Waals surface area contributed by atoms with Crippen molar-refractivity contribution in [3.05, 3.63) is 46.6 Å². The SMILES string of the molecule is CCOC(Cc1cc2c(nc3ccccn32)c(=O)o1)OCC. The van der Waals surface area contributed by atoms with Crippen LogP contribution in [-0.4, -0.2) is 28.9 Å². The molecule has 0 saturated carbocycles. The van der Waals surface area contributed by atoms with E-state index in [0.29, 0.717) is 36.6 Å². The number of hydrogen-bond donors (Lipinski definition) is 0. The van der Waals surface area contributed by atoms with Gasteiger partial charge < -0.3 is 13.9 Å². The molecule has 0 aliphatic carbocycles. The molecule has 0 aliphatic rings. The van der Waals surface area contributed by atoms with E-state index >= 15 is 0 Å². The summed E-state index contributed by atoms with van der Waals surface area (Å²) in [6.07, 6.45) is 1.83. The van der Waals surface area contributed by atoms with Crippen molar-refractivity contribution in [2.45, 2.75) is 26.6 Å². The minimum absolute atomic E-state index is 0.333. The first-order chi connectivity index (χ1) is 10.7. The zero-order chi connectivity index (χ0) is 15.5. The summed E-state index contributed by atoms with van der Waals surface area (Å²) in [7, 11) is 0. The molecule has 22 heavy (non-hydrogen) atoms. The van der Waals surface area contributed by atoms with Gasteiger partial charge in [0.15, 0.2) is 11.8 Å². The molecular weight excluding hydrogens is 284 g/mol. The first-order valence-corrected chi connectivity index (χ1v) is 7.36. The Morgan fingerprint density at radius 1 is 1.27 bits per heavy atom. The van der Waals surface area contributed by atoms with Crippen LogP contribution in [0.2, 0.25) is 0 Å². The zero-order valence-electron chi connectivity index (χ0n) is 12.6. The van der Waals surface area contributed by atoms with Gasteiger partial charge in [-0.15, -0.1) is 0 Å². The second-order valence-electron chi connectivity index (χ2n) is 4.82. The van der Waals surface area contributed by atoms with E-state index in [2.05, 4.69) is 4.98 Å². The average molecular weight is 302 g/mol. The minimum Gasteiger partial charge on any atom is -0.426 e. The smallest absolute Gasteiger partial charge is 0.364 e. The van der Waals surface area contributed by atoms with Crippen molar-refractivity contribution in [3.8, 4) is 0 Å². The van der Waals surface area contributed by atoms with Crippen LogP contribution in [0.4, 0.5) is 0 Å². The molecule has 3 aromatic heterocycles. The van der Waals surface area contributed by atoms with Crippen molar-refractivity contribution in [1.29, 1.82) is 0 Å². The van der Waals surface area contributed by atoms with Gasteiger partial charge in [0.1, 0.15) is 11.4 Å². The molecule has 0 unspecified atom stereocenters. The predicted molar refractivity (Wildman–Crippen MR) is 82.0 cm³/mol. The number of hydrogen-bond acceptors (Lipinski definition) is 5. The van der Waals surface area contributed by atoms with Gasteiger partial charge in [0.25, 0.3) is 0 Å². The Hall–Kier alpha value is -2.18. The zero-order valence-corrected chi connectivity index (χ0v) is 12.6. The highest BCUT2D eigenvalue weighted by molar-refractivity contribution is 5.79. The molecule has 0 spiro atoms. The molecular formula is C16H18N2O4. The summed E-state index contributed by atoms with van der Waals surface area (Å²) < 4.78 is 18.2. The molecule has 0 radical (unpaired) electrons. The summed E-state index contributed by atoms with van der Waals surface area (Å²) in [5.41, 5.74) is 1.34. The molecule has 3 aromatic rings. The fraction of sp³-hybridized carbons (Fsp3) is 0.375. The largest absolute Gasteiger partial charge is 0.426 e. The molecule has 0 fully saturated rings. The molecule has 0 aromatic carbocycles. The fourth-order valence-corrected chi connectivity index (χ4v) is 2.45. The summed E-state index contributed by atoms with van der Waals surface area (Å²) in [4.78, 5) is 16.4. The number of fused-ring (bicyclic) bond motifs is 3. The third kappa shape index (κ3) is 2.75. The number of nitrogens with zero attached hydrogens (tertiary/aromatic N) is 2. The lowest BCUT2D eigenvalue weighted by molar-refractivity contribution is -0.136. The van der Waals surface area contributed by atoms with E-state index in [9.17, 15) is 4.79 Å². The first-order valence-electron chi connectivity index (χ1n) is 7.36. The van der Waals surface area contributed by atoms with E-state index in [-0.39, 0.29) is 0 Å². The van der Waals surface area contributed by atoms with Crippen LogP contribution in [0.1, 0.15) is 19.6 Å². The maximum Gasteiger partial charge on any atom is 0.364 e. The average Bonchev–Trinajstić information content (AvgIpc) is 2.87. The first kappa shape index (κ1) is 14.7. The van der Waals surface area contributed by atoms with Crippen LogP contribution in [-0.2, 0) is 15.9 Å². The van der Waals surface area contributed by atoms with E-state index in [1.807, 2.05) is 48.7 Å². The van der Waals surface area contributed by atoms with Gasteiger partial charge in [-0.1, -0.05) is 6.07 Å². The third-order valence-corrected chi connectivity index (χ3v) is 3.35. The van der Waals surface area contributed by atoms with Crippen LogP contribution >= 0.6 is 0 Å². The molecule has 0 saturated heterocycles. The van der Waals surface area contributed by atoms with Crippen LogP contribution < -0.4 is 5.63 Å². The summed E-state index contributed by atoms with van der Waals surface area (Å²) in [6.45, 7) is 4.87. The summed E-state index contributed by atoms with van der Waals surface area (Å²) in [5, 5.41) is 0. The molecule has 116 valence electrons. The maximum absolute atomic E-state index is 12.1. The van der Waals surface area contributed by atoms with E-state index < -0.39 is 11.9 Å². The van der Waals surface area contributed by atoms with E-state index in [0.717, 1.165) is 5.52 Å². The number of rotatable bonds is 6.